The van der Waals surface area contributed by atoms with Crippen LogP contribution >= 0.6 is 0 Å². The maximum absolute atomic E-state index is 9.58. The molecular weight excluding hydrogens is 170 g/mol. The molecule has 4 heteroatoms. The molecule has 0 bridgehead atoms. The highest BCUT2D eigenvalue weighted by Crippen LogP contribution is 2.05. The van der Waals surface area contributed by atoms with Crippen LogP contribution in [0.2, 0.25) is 6.55 Å². The minimum atomic E-state index is -0.913. The molecule has 0 aliphatic carbocycles. The molecule has 12 heavy (non-hydrogen) atoms. The number of hydrogen-bond acceptors (Lipinski definition) is 3. The van der Waals surface area contributed by atoms with Gasteiger partial charge in [-0.2, -0.15) is 0 Å². The van der Waals surface area contributed by atoms with E-state index in [9.17, 15) is 10.2 Å². The van der Waals surface area contributed by atoms with E-state index in [1.165, 1.54) is 0 Å². The Balaban J connectivity index is 4.05. The fourth-order valence-electron chi connectivity index (χ4n) is 1.34. The molecule has 0 aromatic carbocycles. The number of rotatable bonds is 5. The van der Waals surface area contributed by atoms with Crippen LogP contribution in [0.15, 0.2) is 0 Å². The van der Waals surface area contributed by atoms with E-state index in [4.69, 9.17) is 0 Å². The maximum Gasteiger partial charge on any atom is 0.104 e. The summed E-state index contributed by atoms with van der Waals surface area (Å²) in [7, 11) is 0.987. The molecule has 3 N–H and O–H groups in total. The van der Waals surface area contributed by atoms with Crippen molar-refractivity contribution in [3.8, 4) is 0 Å². The van der Waals surface area contributed by atoms with E-state index < -0.39 is 20.6 Å². The molecule has 0 aromatic heterocycles. The molecule has 0 amide bonds. The summed E-state index contributed by atoms with van der Waals surface area (Å²) >= 11 is 0. The molecule has 0 aromatic rings. The van der Waals surface area contributed by atoms with Gasteiger partial charge in [-0.25, -0.2) is 0 Å². The minimum absolute atomic E-state index is 0.375. The van der Waals surface area contributed by atoms with Gasteiger partial charge in [0.2, 0.25) is 0 Å². The first-order valence-corrected chi connectivity index (χ1v) is 6.56. The predicted molar refractivity (Wildman–Crippen MR) is 52.4 cm³/mol. The van der Waals surface area contributed by atoms with E-state index in [-0.39, 0.29) is 0 Å². The monoisotopic (exact) mass is 190 g/mol. The van der Waals surface area contributed by atoms with Crippen LogP contribution in [0.25, 0.3) is 0 Å². The molecule has 0 saturated carbocycles. The van der Waals surface area contributed by atoms with Crippen LogP contribution in [0.4, 0.5) is 0 Å². The molecule has 1 radical (unpaired) electrons. The second kappa shape index (κ2) is 5.69. The Hall–Kier alpha value is 0.0969. The molecule has 3 nitrogen and oxygen atoms in total. The van der Waals surface area contributed by atoms with Crippen molar-refractivity contribution in [2.75, 3.05) is 7.05 Å². The van der Waals surface area contributed by atoms with Crippen molar-refractivity contribution in [2.45, 2.75) is 44.3 Å². The standard InChI is InChI=1S/C8H20NO2Si/c1-5-7(9-3)12(4)8(11)6(2)10/h6-11H,5H2,1-4H3. The normalized spacial score (nSPS) is 19.2. The van der Waals surface area contributed by atoms with E-state index in [2.05, 4.69) is 12.2 Å². The molecule has 0 spiro atoms. The zero-order valence-corrected chi connectivity index (χ0v) is 9.33. The van der Waals surface area contributed by atoms with Crippen molar-refractivity contribution in [3.05, 3.63) is 0 Å². The van der Waals surface area contributed by atoms with Gasteiger partial charge in [0.25, 0.3) is 0 Å². The lowest BCUT2D eigenvalue weighted by Gasteiger charge is -2.26. The fourth-order valence-corrected chi connectivity index (χ4v) is 3.61. The lowest BCUT2D eigenvalue weighted by molar-refractivity contribution is 0.0764. The third-order valence-electron chi connectivity index (χ3n) is 2.23. The predicted octanol–water partition coefficient (Wildman–Crippen LogP) is -0.0709. The van der Waals surface area contributed by atoms with Crippen LogP contribution in [0.1, 0.15) is 20.3 Å². The van der Waals surface area contributed by atoms with Gasteiger partial charge in [0.05, 0.1) is 11.8 Å². The van der Waals surface area contributed by atoms with E-state index in [1.807, 2.05) is 13.6 Å². The average Bonchev–Trinajstić information content (AvgIpc) is 2.05. The van der Waals surface area contributed by atoms with Crippen molar-refractivity contribution in [1.29, 1.82) is 0 Å². The first-order chi connectivity index (χ1) is 5.54. The molecule has 0 heterocycles. The minimum Gasteiger partial charge on any atom is -0.394 e. The molecule has 0 aliphatic heterocycles. The summed E-state index contributed by atoms with van der Waals surface area (Å²) in [6.07, 6.45) is 0.400. The molecule has 0 saturated heterocycles. The van der Waals surface area contributed by atoms with Crippen molar-refractivity contribution in [2.24, 2.45) is 0 Å². The van der Waals surface area contributed by atoms with Gasteiger partial charge in [-0.3, -0.25) is 0 Å². The molecule has 73 valence electrons. The largest absolute Gasteiger partial charge is 0.394 e. The molecular formula is C8H20NO2Si. The number of nitrogens with one attached hydrogen (secondary N) is 1. The van der Waals surface area contributed by atoms with Gasteiger partial charge < -0.3 is 15.5 Å². The van der Waals surface area contributed by atoms with Gasteiger partial charge in [0.15, 0.2) is 0 Å². The van der Waals surface area contributed by atoms with E-state index in [0.29, 0.717) is 5.67 Å². The zero-order chi connectivity index (χ0) is 9.72. The second-order valence-corrected chi connectivity index (χ2v) is 5.96. The first kappa shape index (κ1) is 12.1. The van der Waals surface area contributed by atoms with Gasteiger partial charge in [-0.1, -0.05) is 13.5 Å². The Labute approximate surface area is 76.4 Å². The Kier molecular flexibility index (Phi) is 5.74. The van der Waals surface area contributed by atoms with Gasteiger partial charge in [0.1, 0.15) is 8.80 Å². The van der Waals surface area contributed by atoms with Crippen LogP contribution in [0.5, 0.6) is 0 Å². The van der Waals surface area contributed by atoms with Crippen molar-refractivity contribution in [1.82, 2.24) is 5.32 Å². The SMILES string of the molecule is CCC(NC)[Si](C)C(O)C(C)O. The highest BCUT2D eigenvalue weighted by molar-refractivity contribution is 6.60. The second-order valence-electron chi connectivity index (χ2n) is 3.18. The van der Waals surface area contributed by atoms with Gasteiger partial charge in [0, 0.05) is 5.67 Å². The molecule has 0 rings (SSSR count). The Morgan fingerprint density at radius 3 is 2.17 bits per heavy atom. The summed E-state index contributed by atoms with van der Waals surface area (Å²) in [6.45, 7) is 5.78. The molecule has 3 unspecified atom stereocenters. The molecule has 0 fully saturated rings. The third-order valence-corrected chi connectivity index (χ3v) is 5.44. The third kappa shape index (κ3) is 3.22. The lowest BCUT2D eigenvalue weighted by Crippen LogP contribution is -2.50. The summed E-state index contributed by atoms with van der Waals surface area (Å²) in [4.78, 5) is 0. The van der Waals surface area contributed by atoms with Gasteiger partial charge in [-0.15, -0.1) is 0 Å². The van der Waals surface area contributed by atoms with Crippen LogP contribution in [0, 0.1) is 0 Å². The lowest BCUT2D eigenvalue weighted by atomic mass is 10.4. The molecule has 3 atom stereocenters. The Morgan fingerprint density at radius 1 is 1.42 bits per heavy atom. The summed E-state index contributed by atoms with van der Waals surface area (Å²) in [5.74, 6) is 0. The fraction of sp³-hybridized carbons (Fsp3) is 1.00. The average molecular weight is 190 g/mol. The van der Waals surface area contributed by atoms with Crippen molar-refractivity contribution < 1.29 is 10.2 Å². The van der Waals surface area contributed by atoms with Crippen LogP contribution in [0.3, 0.4) is 0 Å². The van der Waals surface area contributed by atoms with Crippen LogP contribution in [-0.4, -0.2) is 43.6 Å². The van der Waals surface area contributed by atoms with Gasteiger partial charge in [-0.05, 0) is 20.4 Å². The number of aliphatic hydroxyl groups excluding tert-OH is 2. The topological polar surface area (TPSA) is 52.5 Å². The number of aliphatic hydroxyl groups is 2. The molecule has 0 aliphatic rings. The summed E-state index contributed by atoms with van der Waals surface area (Å²) in [6, 6.07) is 0. The highest BCUT2D eigenvalue weighted by Gasteiger charge is 2.26. The first-order valence-electron chi connectivity index (χ1n) is 4.41. The van der Waals surface area contributed by atoms with E-state index in [0.717, 1.165) is 6.42 Å². The Morgan fingerprint density at radius 2 is 1.92 bits per heavy atom. The van der Waals surface area contributed by atoms with Gasteiger partial charge >= 0.3 is 0 Å². The summed E-state index contributed by atoms with van der Waals surface area (Å²) in [5, 5.41) is 21.9. The van der Waals surface area contributed by atoms with E-state index >= 15 is 0 Å². The zero-order valence-electron chi connectivity index (χ0n) is 8.33. The van der Waals surface area contributed by atoms with E-state index in [1.54, 1.807) is 6.92 Å². The maximum atomic E-state index is 9.58. The quantitative estimate of drug-likeness (QED) is 0.532. The van der Waals surface area contributed by atoms with Crippen LogP contribution in [-0.2, 0) is 0 Å². The summed E-state index contributed by atoms with van der Waals surface area (Å²) < 4.78 is 0. The number of hydrogen-bond donors (Lipinski definition) is 3. The smallest absolute Gasteiger partial charge is 0.104 e. The van der Waals surface area contributed by atoms with Crippen molar-refractivity contribution in [3.63, 3.8) is 0 Å². The summed E-state index contributed by atoms with van der Waals surface area (Å²) in [5.41, 5.74) is -0.160. The Bertz CT molecular complexity index is 116. The van der Waals surface area contributed by atoms with Crippen LogP contribution < -0.4 is 5.32 Å². The highest BCUT2D eigenvalue weighted by atomic mass is 28.3. The van der Waals surface area contributed by atoms with Crippen molar-refractivity contribution >= 4 is 8.80 Å².